The lowest BCUT2D eigenvalue weighted by Crippen LogP contribution is -2.37. The SMILES string of the molecule is COc1ccc(C=NNc2nc3c(c(=O)n(C)c(=O)n3C)n2Cc2cccc3ccccc23)cc1. The normalized spacial score (nSPS) is 11.5. The minimum Gasteiger partial charge on any atom is -0.497 e. The average molecular weight is 469 g/mol. The Balaban J connectivity index is 1.62. The number of hydrazone groups is 1. The summed E-state index contributed by atoms with van der Waals surface area (Å²) in [6, 6.07) is 21.6. The number of methoxy groups -OCH3 is 1. The number of hydrogen-bond donors (Lipinski definition) is 1. The number of hydrogen-bond acceptors (Lipinski definition) is 6. The number of ether oxygens (including phenoxy) is 1. The number of imidazole rings is 1. The number of benzene rings is 3. The standard InChI is InChI=1S/C26H24N6O3/c1-30-23-22(24(33)31(2)26(30)34)32(16-19-9-6-8-18-7-4-5-10-21(18)19)25(28-23)29-27-15-17-11-13-20(35-3)14-12-17/h4-15H,16H2,1-3H3,(H,28,29). The van der Waals surface area contributed by atoms with Gasteiger partial charge in [-0.2, -0.15) is 10.1 Å². The van der Waals surface area contributed by atoms with Crippen LogP contribution in [0.25, 0.3) is 21.9 Å². The van der Waals surface area contributed by atoms with E-state index in [9.17, 15) is 9.59 Å². The molecule has 0 bridgehead atoms. The first kappa shape index (κ1) is 22.1. The molecule has 0 saturated heterocycles. The van der Waals surface area contributed by atoms with Crippen LogP contribution in [0.4, 0.5) is 5.95 Å². The van der Waals surface area contributed by atoms with Gasteiger partial charge in [0.1, 0.15) is 5.75 Å². The molecule has 0 saturated carbocycles. The van der Waals surface area contributed by atoms with Crippen LogP contribution in [0.1, 0.15) is 11.1 Å². The van der Waals surface area contributed by atoms with Crippen LogP contribution in [0.5, 0.6) is 5.75 Å². The van der Waals surface area contributed by atoms with Crippen molar-refractivity contribution < 1.29 is 4.74 Å². The molecular formula is C26H24N6O3. The van der Waals surface area contributed by atoms with Crippen LogP contribution in [0.3, 0.4) is 0 Å². The van der Waals surface area contributed by atoms with E-state index in [4.69, 9.17) is 4.74 Å². The molecule has 35 heavy (non-hydrogen) atoms. The maximum absolute atomic E-state index is 13.2. The van der Waals surface area contributed by atoms with Gasteiger partial charge >= 0.3 is 5.69 Å². The van der Waals surface area contributed by atoms with Gasteiger partial charge in [-0.05, 0) is 46.2 Å². The van der Waals surface area contributed by atoms with Crippen LogP contribution in [0.2, 0.25) is 0 Å². The lowest BCUT2D eigenvalue weighted by molar-refractivity contribution is 0.415. The molecule has 5 rings (SSSR count). The van der Waals surface area contributed by atoms with Gasteiger partial charge in [-0.3, -0.25) is 18.5 Å². The third-order valence-corrected chi connectivity index (χ3v) is 6.05. The van der Waals surface area contributed by atoms with Gasteiger partial charge in [0.2, 0.25) is 5.95 Å². The van der Waals surface area contributed by atoms with E-state index in [-0.39, 0.29) is 0 Å². The highest BCUT2D eigenvalue weighted by molar-refractivity contribution is 5.86. The van der Waals surface area contributed by atoms with Crippen molar-refractivity contribution in [2.75, 3.05) is 12.5 Å². The van der Waals surface area contributed by atoms with E-state index in [1.807, 2.05) is 66.7 Å². The van der Waals surface area contributed by atoms with E-state index >= 15 is 0 Å². The molecule has 176 valence electrons. The van der Waals surface area contributed by atoms with Gasteiger partial charge in [-0.25, -0.2) is 10.2 Å². The number of aryl methyl sites for hydroxylation is 1. The molecule has 3 aromatic carbocycles. The van der Waals surface area contributed by atoms with Gasteiger partial charge in [0.15, 0.2) is 11.2 Å². The van der Waals surface area contributed by atoms with Gasteiger partial charge in [-0.1, -0.05) is 42.5 Å². The van der Waals surface area contributed by atoms with E-state index in [1.165, 1.54) is 11.6 Å². The van der Waals surface area contributed by atoms with E-state index in [2.05, 4.69) is 15.5 Å². The largest absolute Gasteiger partial charge is 0.497 e. The quantitative estimate of drug-likeness (QED) is 0.305. The molecule has 0 unspecified atom stereocenters. The van der Waals surface area contributed by atoms with Gasteiger partial charge < -0.3 is 4.74 Å². The van der Waals surface area contributed by atoms with Crippen molar-refractivity contribution in [3.05, 3.63) is 98.7 Å². The van der Waals surface area contributed by atoms with Gasteiger partial charge in [0.05, 0.1) is 19.9 Å². The molecule has 0 spiro atoms. The Labute approximate surface area is 200 Å². The predicted molar refractivity (Wildman–Crippen MR) is 137 cm³/mol. The first-order valence-corrected chi connectivity index (χ1v) is 11.0. The van der Waals surface area contributed by atoms with Gasteiger partial charge in [0.25, 0.3) is 5.56 Å². The molecule has 0 aliphatic carbocycles. The van der Waals surface area contributed by atoms with Crippen molar-refractivity contribution in [2.24, 2.45) is 19.2 Å². The van der Waals surface area contributed by atoms with Crippen molar-refractivity contribution in [3.63, 3.8) is 0 Å². The first-order chi connectivity index (χ1) is 17.0. The third kappa shape index (κ3) is 3.97. The summed E-state index contributed by atoms with van der Waals surface area (Å²) in [6.45, 7) is 0.367. The maximum atomic E-state index is 13.2. The van der Waals surface area contributed by atoms with Crippen molar-refractivity contribution in [1.29, 1.82) is 0 Å². The van der Waals surface area contributed by atoms with E-state index < -0.39 is 11.2 Å². The van der Waals surface area contributed by atoms with Crippen LogP contribution in [-0.2, 0) is 20.6 Å². The lowest BCUT2D eigenvalue weighted by Gasteiger charge is -2.11. The highest BCUT2D eigenvalue weighted by Crippen LogP contribution is 2.23. The summed E-state index contributed by atoms with van der Waals surface area (Å²) in [4.78, 5) is 30.3. The molecule has 0 aliphatic heterocycles. The monoisotopic (exact) mass is 468 g/mol. The summed E-state index contributed by atoms with van der Waals surface area (Å²) in [5.74, 6) is 1.11. The first-order valence-electron chi connectivity index (χ1n) is 11.0. The fourth-order valence-electron chi connectivity index (χ4n) is 4.14. The molecule has 2 aromatic heterocycles. The fourth-order valence-corrected chi connectivity index (χ4v) is 4.14. The summed E-state index contributed by atoms with van der Waals surface area (Å²) in [5.41, 5.74) is 4.60. The summed E-state index contributed by atoms with van der Waals surface area (Å²) in [5, 5.41) is 6.51. The minimum atomic E-state index is -0.439. The molecule has 0 aliphatic rings. The second-order valence-electron chi connectivity index (χ2n) is 8.18. The van der Waals surface area contributed by atoms with Crippen LogP contribution in [0.15, 0.2) is 81.4 Å². The summed E-state index contributed by atoms with van der Waals surface area (Å²) >= 11 is 0. The number of rotatable bonds is 6. The lowest BCUT2D eigenvalue weighted by atomic mass is 10.0. The van der Waals surface area contributed by atoms with Crippen molar-refractivity contribution in [1.82, 2.24) is 18.7 Å². The van der Waals surface area contributed by atoms with Crippen molar-refractivity contribution in [3.8, 4) is 5.75 Å². The molecule has 1 N–H and O–H groups in total. The summed E-state index contributed by atoms with van der Waals surface area (Å²) in [7, 11) is 4.68. The van der Waals surface area contributed by atoms with Crippen LogP contribution < -0.4 is 21.4 Å². The zero-order valence-electron chi connectivity index (χ0n) is 19.6. The van der Waals surface area contributed by atoms with E-state index in [1.54, 1.807) is 24.9 Å². The summed E-state index contributed by atoms with van der Waals surface area (Å²) < 4.78 is 9.42. The highest BCUT2D eigenvalue weighted by Gasteiger charge is 2.19. The van der Waals surface area contributed by atoms with Crippen molar-refractivity contribution in [2.45, 2.75) is 6.54 Å². The van der Waals surface area contributed by atoms with E-state index in [0.717, 1.165) is 32.2 Å². The molecule has 9 nitrogen and oxygen atoms in total. The topological polar surface area (TPSA) is 95.4 Å². The van der Waals surface area contributed by atoms with Gasteiger partial charge in [-0.15, -0.1) is 0 Å². The Morgan fingerprint density at radius 2 is 1.71 bits per heavy atom. The second-order valence-corrected chi connectivity index (χ2v) is 8.18. The number of nitrogens with zero attached hydrogens (tertiary/aromatic N) is 5. The molecular weight excluding hydrogens is 444 g/mol. The Kier molecular flexibility index (Phi) is 5.66. The molecule has 9 heteroatoms. The van der Waals surface area contributed by atoms with Crippen LogP contribution >= 0.6 is 0 Å². The Morgan fingerprint density at radius 3 is 2.49 bits per heavy atom. The Hall–Kier alpha value is -4.66. The molecule has 0 radical (unpaired) electrons. The predicted octanol–water partition coefficient (Wildman–Crippen LogP) is 3.09. The minimum absolute atomic E-state index is 0.292. The summed E-state index contributed by atoms with van der Waals surface area (Å²) in [6.07, 6.45) is 1.65. The zero-order valence-corrected chi connectivity index (χ0v) is 19.6. The van der Waals surface area contributed by atoms with E-state index in [0.29, 0.717) is 23.7 Å². The number of anilines is 1. The third-order valence-electron chi connectivity index (χ3n) is 6.05. The maximum Gasteiger partial charge on any atom is 0.332 e. The van der Waals surface area contributed by atoms with Crippen molar-refractivity contribution >= 4 is 34.1 Å². The number of aromatic nitrogens is 4. The molecule has 2 heterocycles. The highest BCUT2D eigenvalue weighted by atomic mass is 16.5. The van der Waals surface area contributed by atoms with Crippen LogP contribution in [0, 0.1) is 0 Å². The smallest absolute Gasteiger partial charge is 0.332 e. The molecule has 0 atom stereocenters. The number of nitrogens with one attached hydrogen (secondary N) is 1. The Bertz CT molecular complexity index is 1690. The Morgan fingerprint density at radius 1 is 0.971 bits per heavy atom. The van der Waals surface area contributed by atoms with Crippen LogP contribution in [-0.4, -0.2) is 32.0 Å². The average Bonchev–Trinajstić information content (AvgIpc) is 3.25. The second kappa shape index (κ2) is 8.94. The zero-order chi connectivity index (χ0) is 24.5. The fraction of sp³-hybridized carbons (Fsp3) is 0.154. The molecule has 0 amide bonds. The molecule has 0 fully saturated rings. The molecule has 5 aromatic rings. The van der Waals surface area contributed by atoms with Gasteiger partial charge in [0, 0.05) is 14.1 Å². The number of fused-ring (bicyclic) bond motifs is 2.